The molecule has 0 spiro atoms. The fourth-order valence-corrected chi connectivity index (χ4v) is 2.46. The molecule has 6 nitrogen and oxygen atoms in total. The third-order valence-electron chi connectivity index (χ3n) is 3.95. The first-order chi connectivity index (χ1) is 10.8. The van der Waals surface area contributed by atoms with Crippen LogP contribution in [0.15, 0.2) is 12.1 Å². The van der Waals surface area contributed by atoms with Gasteiger partial charge in [0.2, 0.25) is 17.6 Å². The van der Waals surface area contributed by atoms with E-state index < -0.39 is 19.1 Å². The Morgan fingerprint density at radius 2 is 1.57 bits per heavy atom. The second-order valence-corrected chi connectivity index (χ2v) is 5.71. The van der Waals surface area contributed by atoms with Crippen LogP contribution in [0.2, 0.25) is 0 Å². The van der Waals surface area contributed by atoms with Gasteiger partial charge in [-0.15, -0.1) is 0 Å². The van der Waals surface area contributed by atoms with Gasteiger partial charge in [0.15, 0.2) is 6.61 Å². The van der Waals surface area contributed by atoms with Crippen molar-refractivity contribution in [2.45, 2.75) is 33.6 Å². The number of hydrogen-bond acceptors (Lipinski definition) is 5. The van der Waals surface area contributed by atoms with Gasteiger partial charge in [0.25, 0.3) is 0 Å². The van der Waals surface area contributed by atoms with Gasteiger partial charge in [-0.25, -0.2) is 0 Å². The molecule has 23 heavy (non-hydrogen) atoms. The zero-order chi connectivity index (χ0) is 17.1. The van der Waals surface area contributed by atoms with Crippen molar-refractivity contribution in [2.24, 2.45) is 0 Å². The van der Waals surface area contributed by atoms with Crippen LogP contribution in [0.1, 0.15) is 39.9 Å². The van der Waals surface area contributed by atoms with Crippen LogP contribution in [-0.2, 0) is 19.1 Å². The molecule has 0 aromatic heterocycles. The average Bonchev–Trinajstić information content (AvgIpc) is 2.80. The van der Waals surface area contributed by atoms with Gasteiger partial charge in [0.1, 0.15) is 6.54 Å². The smallest absolute Gasteiger partial charge is 0.326 e. The predicted octanol–water partition coefficient (Wildman–Crippen LogP) is 1.49. The summed E-state index contributed by atoms with van der Waals surface area (Å²) < 4.78 is 4.91. The molecule has 2 amide bonds. The van der Waals surface area contributed by atoms with E-state index in [1.54, 1.807) is 6.07 Å². The highest BCUT2D eigenvalue weighted by atomic mass is 16.5. The summed E-state index contributed by atoms with van der Waals surface area (Å²) >= 11 is 0. The molecule has 0 unspecified atom stereocenters. The summed E-state index contributed by atoms with van der Waals surface area (Å²) in [4.78, 5) is 47.6. The molecule has 1 aliphatic heterocycles. The summed E-state index contributed by atoms with van der Waals surface area (Å²) in [7, 11) is 0. The lowest BCUT2D eigenvalue weighted by atomic mass is 9.98. The first-order valence-electron chi connectivity index (χ1n) is 7.39. The summed E-state index contributed by atoms with van der Waals surface area (Å²) in [6.45, 7) is 4.85. The number of benzene rings is 1. The third kappa shape index (κ3) is 3.83. The van der Waals surface area contributed by atoms with E-state index in [2.05, 4.69) is 0 Å². The van der Waals surface area contributed by atoms with Gasteiger partial charge in [-0.3, -0.25) is 24.1 Å². The van der Waals surface area contributed by atoms with Gasteiger partial charge in [-0.05, 0) is 43.5 Å². The number of imide groups is 1. The summed E-state index contributed by atoms with van der Waals surface area (Å²) in [5, 5.41) is 0. The summed E-state index contributed by atoms with van der Waals surface area (Å²) in [6.07, 6.45) is 0.236. The minimum absolute atomic E-state index is 0.118. The predicted molar refractivity (Wildman–Crippen MR) is 81.9 cm³/mol. The Morgan fingerprint density at radius 1 is 1.00 bits per heavy atom. The third-order valence-corrected chi connectivity index (χ3v) is 3.95. The maximum Gasteiger partial charge on any atom is 0.326 e. The van der Waals surface area contributed by atoms with Crippen molar-refractivity contribution in [2.75, 3.05) is 13.2 Å². The van der Waals surface area contributed by atoms with E-state index in [0.29, 0.717) is 5.56 Å². The van der Waals surface area contributed by atoms with Crippen LogP contribution in [0.25, 0.3) is 0 Å². The maximum absolute atomic E-state index is 12.2. The number of esters is 1. The van der Waals surface area contributed by atoms with E-state index in [1.165, 1.54) is 0 Å². The molecular formula is C17H19NO5. The van der Waals surface area contributed by atoms with Crippen molar-refractivity contribution in [3.63, 3.8) is 0 Å². The van der Waals surface area contributed by atoms with Crippen molar-refractivity contribution in [1.29, 1.82) is 0 Å². The molecule has 1 saturated heterocycles. The highest BCUT2D eigenvalue weighted by Gasteiger charge is 2.31. The van der Waals surface area contributed by atoms with E-state index in [1.807, 2.05) is 26.8 Å². The van der Waals surface area contributed by atoms with E-state index in [4.69, 9.17) is 4.74 Å². The summed E-state index contributed by atoms with van der Waals surface area (Å²) in [5.41, 5.74) is 3.40. The number of likely N-dealkylation sites (tertiary alicyclic amines) is 1. The number of Topliss-reactive ketones (excluding diaryl/α,β-unsaturated/α-hetero) is 1. The SMILES string of the molecule is Cc1cc(C)c(C(=O)COC(=O)CN2C(=O)CCC2=O)cc1C. The molecule has 0 radical (unpaired) electrons. The number of ketones is 1. The quantitative estimate of drug-likeness (QED) is 0.467. The zero-order valence-electron chi connectivity index (χ0n) is 13.5. The van der Waals surface area contributed by atoms with Crippen LogP contribution < -0.4 is 0 Å². The van der Waals surface area contributed by atoms with Crippen LogP contribution in [0.3, 0.4) is 0 Å². The van der Waals surface area contributed by atoms with Crippen molar-refractivity contribution >= 4 is 23.6 Å². The molecule has 6 heteroatoms. The number of rotatable bonds is 5. The molecule has 1 heterocycles. The lowest BCUT2D eigenvalue weighted by molar-refractivity contribution is -0.151. The molecule has 0 bridgehead atoms. The Hall–Kier alpha value is -2.50. The topological polar surface area (TPSA) is 80.8 Å². The number of amides is 2. The van der Waals surface area contributed by atoms with E-state index >= 15 is 0 Å². The van der Waals surface area contributed by atoms with Crippen LogP contribution >= 0.6 is 0 Å². The number of hydrogen-bond donors (Lipinski definition) is 0. The second-order valence-electron chi connectivity index (χ2n) is 5.71. The molecule has 2 rings (SSSR count). The highest BCUT2D eigenvalue weighted by molar-refractivity contribution is 6.04. The van der Waals surface area contributed by atoms with Gasteiger partial charge in [0, 0.05) is 18.4 Å². The molecule has 1 aromatic rings. The Kier molecular flexibility index (Phi) is 4.93. The van der Waals surface area contributed by atoms with Gasteiger partial charge < -0.3 is 4.74 Å². The second kappa shape index (κ2) is 6.73. The number of carbonyl (C=O) groups is 4. The normalized spacial score (nSPS) is 14.3. The summed E-state index contributed by atoms with van der Waals surface area (Å²) in [6, 6.07) is 3.68. The van der Waals surface area contributed by atoms with Crippen molar-refractivity contribution in [3.8, 4) is 0 Å². The average molecular weight is 317 g/mol. The van der Waals surface area contributed by atoms with Crippen molar-refractivity contribution in [1.82, 2.24) is 4.90 Å². The molecule has 1 fully saturated rings. The Morgan fingerprint density at radius 3 is 2.17 bits per heavy atom. The molecule has 0 aliphatic carbocycles. The van der Waals surface area contributed by atoms with Crippen LogP contribution in [0, 0.1) is 20.8 Å². The lowest BCUT2D eigenvalue weighted by Gasteiger charge is -2.13. The van der Waals surface area contributed by atoms with Gasteiger partial charge >= 0.3 is 5.97 Å². The number of carbonyl (C=O) groups excluding carboxylic acids is 4. The van der Waals surface area contributed by atoms with Crippen molar-refractivity contribution in [3.05, 3.63) is 34.4 Å². The standard InChI is InChI=1S/C17H19NO5/c1-10-6-12(3)13(7-11(10)2)14(19)9-23-17(22)8-18-15(20)4-5-16(18)21/h6-7H,4-5,8-9H2,1-3H3. The summed E-state index contributed by atoms with van der Waals surface area (Å²) in [5.74, 6) is -1.84. The van der Waals surface area contributed by atoms with Gasteiger partial charge in [-0.1, -0.05) is 6.07 Å². The fourth-order valence-electron chi connectivity index (χ4n) is 2.46. The molecule has 0 N–H and O–H groups in total. The van der Waals surface area contributed by atoms with E-state index in [9.17, 15) is 19.2 Å². The van der Waals surface area contributed by atoms with Crippen LogP contribution in [0.4, 0.5) is 0 Å². The monoisotopic (exact) mass is 317 g/mol. The van der Waals surface area contributed by atoms with Crippen LogP contribution in [-0.4, -0.2) is 41.6 Å². The van der Waals surface area contributed by atoms with E-state index in [-0.39, 0.29) is 30.4 Å². The molecule has 122 valence electrons. The van der Waals surface area contributed by atoms with Gasteiger partial charge in [0.05, 0.1) is 0 Å². The first kappa shape index (κ1) is 16.9. The Balaban J connectivity index is 1.94. The number of nitrogens with zero attached hydrogens (tertiary/aromatic N) is 1. The number of ether oxygens (including phenoxy) is 1. The Labute approximate surface area is 134 Å². The molecular weight excluding hydrogens is 298 g/mol. The molecule has 0 atom stereocenters. The highest BCUT2D eigenvalue weighted by Crippen LogP contribution is 2.16. The van der Waals surface area contributed by atoms with Gasteiger partial charge in [-0.2, -0.15) is 0 Å². The lowest BCUT2D eigenvalue weighted by Crippen LogP contribution is -2.35. The molecule has 1 aliphatic rings. The minimum Gasteiger partial charge on any atom is -0.456 e. The molecule has 0 saturated carbocycles. The van der Waals surface area contributed by atoms with E-state index in [0.717, 1.165) is 21.6 Å². The minimum atomic E-state index is -0.761. The maximum atomic E-state index is 12.2. The largest absolute Gasteiger partial charge is 0.456 e. The Bertz CT molecular complexity index is 676. The fraction of sp³-hybridized carbons (Fsp3) is 0.412. The zero-order valence-corrected chi connectivity index (χ0v) is 13.5. The first-order valence-corrected chi connectivity index (χ1v) is 7.39. The van der Waals surface area contributed by atoms with Crippen molar-refractivity contribution < 1.29 is 23.9 Å². The number of aryl methyl sites for hydroxylation is 3. The molecule has 1 aromatic carbocycles. The van der Waals surface area contributed by atoms with Crippen LogP contribution in [0.5, 0.6) is 0 Å².